The van der Waals surface area contributed by atoms with Crippen molar-refractivity contribution in [2.24, 2.45) is 11.3 Å². The van der Waals surface area contributed by atoms with Gasteiger partial charge in [-0.3, -0.25) is 4.79 Å². The summed E-state index contributed by atoms with van der Waals surface area (Å²) >= 11 is 0. The molecule has 4 rings (SSSR count). The molecule has 0 radical (unpaired) electrons. The van der Waals surface area contributed by atoms with Crippen molar-refractivity contribution in [3.05, 3.63) is 34.9 Å². The second kappa shape index (κ2) is 6.50. The summed E-state index contributed by atoms with van der Waals surface area (Å²) in [5.41, 5.74) is 4.66. The number of carbonyl (C=O) groups excluding carboxylic acids is 1. The van der Waals surface area contributed by atoms with Crippen molar-refractivity contribution in [3.8, 4) is 5.75 Å². The Morgan fingerprint density at radius 2 is 1.96 bits per heavy atom. The van der Waals surface area contributed by atoms with Gasteiger partial charge in [0, 0.05) is 11.8 Å². The molecular formula is C18H19NaO5S. The van der Waals surface area contributed by atoms with Crippen molar-refractivity contribution in [3.63, 3.8) is 0 Å². The second-order valence-corrected chi connectivity index (χ2v) is 8.23. The number of fused-ring (bicyclic) bond motifs is 4. The van der Waals surface area contributed by atoms with Crippen LogP contribution in [0.2, 0.25) is 0 Å². The van der Waals surface area contributed by atoms with Gasteiger partial charge in [0.1, 0.15) is 11.5 Å². The number of hydrogen-bond donors (Lipinski definition) is 0. The Morgan fingerprint density at radius 1 is 1.20 bits per heavy atom. The van der Waals surface area contributed by atoms with E-state index in [2.05, 4.69) is 11.1 Å². The Kier molecular flexibility index (Phi) is 4.97. The monoisotopic (exact) mass is 370 g/mol. The number of hydrogen-bond acceptors (Lipinski definition) is 5. The van der Waals surface area contributed by atoms with Crippen LogP contribution in [0.15, 0.2) is 23.8 Å². The molecule has 1 aromatic carbocycles. The van der Waals surface area contributed by atoms with Crippen LogP contribution in [0.25, 0.3) is 5.57 Å². The average molecular weight is 370 g/mol. The Hall–Kier alpha value is -0.660. The molecular weight excluding hydrogens is 351 g/mol. The first-order valence-electron chi connectivity index (χ1n) is 8.32. The van der Waals surface area contributed by atoms with E-state index in [0.717, 1.165) is 43.2 Å². The number of Topliss-reactive ketones (excluding diaryl/α,β-unsaturated/α-hetero) is 1. The molecule has 0 saturated heterocycles. The van der Waals surface area contributed by atoms with E-state index in [4.69, 9.17) is 0 Å². The molecule has 1 saturated carbocycles. The van der Waals surface area contributed by atoms with Crippen LogP contribution in [-0.4, -0.2) is 18.8 Å². The third kappa shape index (κ3) is 3.23. The SMILES string of the molecule is C[C@]12CCC3=C(CCc4cc(OS(=O)(=O)[O-])ccc43)[C@@H]1CCC2=O.[Na+]. The molecule has 3 aliphatic rings. The zero-order chi connectivity index (χ0) is 17.1. The quantitative estimate of drug-likeness (QED) is 0.416. The van der Waals surface area contributed by atoms with Gasteiger partial charge in [0.05, 0.1) is 0 Å². The minimum Gasteiger partial charge on any atom is -0.716 e. The third-order valence-corrected chi connectivity index (χ3v) is 6.43. The molecule has 0 unspecified atom stereocenters. The van der Waals surface area contributed by atoms with Crippen LogP contribution < -0.4 is 33.7 Å². The van der Waals surface area contributed by atoms with Crippen LogP contribution in [0.1, 0.15) is 50.2 Å². The molecule has 5 nitrogen and oxygen atoms in total. The molecule has 0 bridgehead atoms. The standard InChI is InChI=1S/C18H20O5S.Na/c1-18-9-8-14-13-5-3-12(23-24(20,21)22)10-11(13)2-4-15(14)16(18)6-7-17(18)19;/h3,5,10,16H,2,4,6-9H2,1H3,(H,20,21,22);/q;+1/p-1/t16-,18-;/m0./s1. The fraction of sp³-hybridized carbons (Fsp3) is 0.500. The Morgan fingerprint density at radius 3 is 2.68 bits per heavy atom. The predicted octanol–water partition coefficient (Wildman–Crippen LogP) is 0.00860. The van der Waals surface area contributed by atoms with Crippen molar-refractivity contribution in [1.29, 1.82) is 0 Å². The minimum absolute atomic E-state index is 0. The summed E-state index contributed by atoms with van der Waals surface area (Å²) in [6.45, 7) is 2.11. The number of benzene rings is 1. The van der Waals surface area contributed by atoms with Gasteiger partial charge < -0.3 is 8.74 Å². The van der Waals surface area contributed by atoms with Gasteiger partial charge in [0.15, 0.2) is 0 Å². The Balaban J connectivity index is 0.00000182. The summed E-state index contributed by atoms with van der Waals surface area (Å²) in [6.07, 6.45) is 5.05. The molecule has 0 spiro atoms. The molecule has 0 aromatic heterocycles. The summed E-state index contributed by atoms with van der Waals surface area (Å²) in [5, 5.41) is 0. The van der Waals surface area contributed by atoms with Crippen LogP contribution >= 0.6 is 0 Å². The van der Waals surface area contributed by atoms with Crippen LogP contribution in [0.4, 0.5) is 0 Å². The van der Waals surface area contributed by atoms with Gasteiger partial charge in [-0.1, -0.05) is 18.6 Å². The van der Waals surface area contributed by atoms with Crippen LogP contribution in [0.5, 0.6) is 5.75 Å². The molecule has 1 aromatic rings. The van der Waals surface area contributed by atoms with E-state index in [-0.39, 0.29) is 40.7 Å². The van der Waals surface area contributed by atoms with Gasteiger partial charge in [0.2, 0.25) is 0 Å². The van der Waals surface area contributed by atoms with Crippen molar-refractivity contribution >= 4 is 21.8 Å². The fourth-order valence-electron chi connectivity index (χ4n) is 4.84. The van der Waals surface area contributed by atoms with E-state index < -0.39 is 10.4 Å². The first kappa shape index (κ1) is 19.1. The zero-order valence-electron chi connectivity index (χ0n) is 14.5. The smallest absolute Gasteiger partial charge is 0.716 e. The molecule has 0 amide bonds. The van der Waals surface area contributed by atoms with Gasteiger partial charge >= 0.3 is 29.6 Å². The number of allylic oxidation sites excluding steroid dienone is 2. The summed E-state index contributed by atoms with van der Waals surface area (Å²) in [4.78, 5) is 12.3. The molecule has 2 atom stereocenters. The number of rotatable bonds is 2. The number of ketones is 1. The van der Waals surface area contributed by atoms with Crippen molar-refractivity contribution < 1.29 is 51.5 Å². The van der Waals surface area contributed by atoms with E-state index in [1.54, 1.807) is 6.07 Å². The van der Waals surface area contributed by atoms with E-state index >= 15 is 0 Å². The molecule has 1 fully saturated rings. The van der Waals surface area contributed by atoms with Gasteiger partial charge in [-0.2, -0.15) is 0 Å². The fourth-order valence-corrected chi connectivity index (χ4v) is 5.18. The zero-order valence-corrected chi connectivity index (χ0v) is 17.3. The topological polar surface area (TPSA) is 83.5 Å². The van der Waals surface area contributed by atoms with Crippen LogP contribution in [-0.2, 0) is 21.6 Å². The first-order chi connectivity index (χ1) is 11.3. The number of carbonyl (C=O) groups is 1. The molecule has 0 heterocycles. The van der Waals surface area contributed by atoms with Gasteiger partial charge in [0.25, 0.3) is 10.4 Å². The molecule has 0 N–H and O–H groups in total. The van der Waals surface area contributed by atoms with Crippen LogP contribution in [0.3, 0.4) is 0 Å². The van der Waals surface area contributed by atoms with E-state index in [9.17, 15) is 17.8 Å². The number of aryl methyl sites for hydroxylation is 1. The summed E-state index contributed by atoms with van der Waals surface area (Å²) in [6, 6.07) is 5.05. The minimum atomic E-state index is -4.75. The van der Waals surface area contributed by atoms with Crippen molar-refractivity contribution in [2.75, 3.05) is 0 Å². The third-order valence-electron chi connectivity index (χ3n) is 6.03. The molecule has 25 heavy (non-hydrogen) atoms. The normalized spacial score (nSPS) is 27.9. The second-order valence-electron chi connectivity index (χ2n) is 7.25. The van der Waals surface area contributed by atoms with Crippen LogP contribution in [0, 0.1) is 11.3 Å². The van der Waals surface area contributed by atoms with E-state index in [0.29, 0.717) is 18.1 Å². The average Bonchev–Trinajstić information content (AvgIpc) is 2.81. The van der Waals surface area contributed by atoms with E-state index in [1.165, 1.54) is 17.2 Å². The van der Waals surface area contributed by atoms with Gasteiger partial charge in [-0.25, -0.2) is 8.42 Å². The van der Waals surface area contributed by atoms with Gasteiger partial charge in [-0.15, -0.1) is 0 Å². The predicted molar refractivity (Wildman–Crippen MR) is 87.1 cm³/mol. The Labute approximate surface area is 170 Å². The van der Waals surface area contributed by atoms with Crippen molar-refractivity contribution in [2.45, 2.75) is 45.4 Å². The summed E-state index contributed by atoms with van der Waals surface area (Å²) in [5.74, 6) is 0.818. The molecule has 0 aliphatic heterocycles. The molecule has 3 aliphatic carbocycles. The maximum Gasteiger partial charge on any atom is 1.00 e. The molecule has 7 heteroatoms. The summed E-state index contributed by atoms with van der Waals surface area (Å²) < 4.78 is 36.8. The summed E-state index contributed by atoms with van der Waals surface area (Å²) in [7, 11) is -4.75. The maximum absolute atomic E-state index is 12.3. The largest absolute Gasteiger partial charge is 1.00 e. The first-order valence-corrected chi connectivity index (χ1v) is 9.65. The van der Waals surface area contributed by atoms with Crippen molar-refractivity contribution in [1.82, 2.24) is 0 Å². The van der Waals surface area contributed by atoms with E-state index in [1.807, 2.05) is 6.07 Å². The molecule has 128 valence electrons. The Bertz CT molecular complexity index is 873. The maximum atomic E-state index is 12.3. The van der Waals surface area contributed by atoms with Gasteiger partial charge in [-0.05, 0) is 66.9 Å².